The number of ether oxygens (including phenoxy) is 3. The number of fused-ring (bicyclic) bond motifs is 2. The first-order valence-corrected chi connectivity index (χ1v) is 12.9. The quantitative estimate of drug-likeness (QED) is 0.736. The van der Waals surface area contributed by atoms with Gasteiger partial charge in [-0.15, -0.1) is 0 Å². The van der Waals surface area contributed by atoms with Gasteiger partial charge in [-0.05, 0) is 31.0 Å². The summed E-state index contributed by atoms with van der Waals surface area (Å²) >= 11 is 0. The number of carbonyl (C=O) groups is 1. The summed E-state index contributed by atoms with van der Waals surface area (Å²) in [4.78, 5) is 13.1. The van der Waals surface area contributed by atoms with Crippen LogP contribution in [0.25, 0.3) is 0 Å². The van der Waals surface area contributed by atoms with Gasteiger partial charge in [0, 0.05) is 43.5 Å². The van der Waals surface area contributed by atoms with E-state index in [1.807, 2.05) is 24.3 Å². The van der Waals surface area contributed by atoms with Crippen LogP contribution in [0.15, 0.2) is 47.4 Å². The van der Waals surface area contributed by atoms with E-state index in [0.717, 1.165) is 24.2 Å². The van der Waals surface area contributed by atoms with Crippen molar-refractivity contribution >= 4 is 15.9 Å². The smallest absolute Gasteiger partial charge is 0.243 e. The molecule has 3 aliphatic heterocycles. The van der Waals surface area contributed by atoms with Crippen LogP contribution in [0.1, 0.15) is 37.3 Å². The molecular formula is C24H28N2O6S. The maximum Gasteiger partial charge on any atom is 0.243 e. The van der Waals surface area contributed by atoms with E-state index < -0.39 is 10.0 Å². The molecule has 0 saturated carbocycles. The van der Waals surface area contributed by atoms with Gasteiger partial charge in [0.2, 0.25) is 15.9 Å². The molecule has 5 rings (SSSR count). The van der Waals surface area contributed by atoms with Crippen molar-refractivity contribution < 1.29 is 27.4 Å². The second-order valence-corrected chi connectivity index (χ2v) is 10.5. The highest BCUT2D eigenvalue weighted by molar-refractivity contribution is 7.89. The van der Waals surface area contributed by atoms with Gasteiger partial charge in [0.1, 0.15) is 5.75 Å². The predicted octanol–water partition coefficient (Wildman–Crippen LogP) is 2.89. The van der Waals surface area contributed by atoms with Gasteiger partial charge in [-0.2, -0.15) is 4.31 Å². The fourth-order valence-electron chi connectivity index (χ4n) is 4.59. The molecule has 2 aromatic carbocycles. The molecule has 1 saturated heterocycles. The zero-order valence-corrected chi connectivity index (χ0v) is 19.2. The molecule has 2 aromatic rings. The van der Waals surface area contributed by atoms with Crippen molar-refractivity contribution in [1.29, 1.82) is 0 Å². The average molecular weight is 473 g/mol. The largest absolute Gasteiger partial charge is 0.493 e. The number of hydrogen-bond donors (Lipinski definition) is 1. The van der Waals surface area contributed by atoms with Crippen molar-refractivity contribution in [2.75, 3.05) is 32.9 Å². The molecule has 0 bridgehead atoms. The van der Waals surface area contributed by atoms with Gasteiger partial charge in [-0.25, -0.2) is 8.42 Å². The van der Waals surface area contributed by atoms with Crippen molar-refractivity contribution in [3.8, 4) is 17.2 Å². The Morgan fingerprint density at radius 1 is 0.879 bits per heavy atom. The Balaban J connectivity index is 1.22. The van der Waals surface area contributed by atoms with Crippen LogP contribution < -0.4 is 19.5 Å². The third-order valence-corrected chi connectivity index (χ3v) is 8.35. The molecule has 8 nitrogen and oxygen atoms in total. The molecule has 3 aliphatic rings. The summed E-state index contributed by atoms with van der Waals surface area (Å²) in [6, 6.07) is 12.4. The van der Waals surface area contributed by atoms with Gasteiger partial charge in [0.25, 0.3) is 0 Å². The lowest BCUT2D eigenvalue weighted by molar-refractivity contribution is -0.127. The third-order valence-electron chi connectivity index (χ3n) is 6.46. The molecule has 9 heteroatoms. The fraction of sp³-hybridized carbons (Fsp3) is 0.458. The Morgan fingerprint density at radius 3 is 2.42 bits per heavy atom. The van der Waals surface area contributed by atoms with Crippen LogP contribution >= 0.6 is 0 Å². The zero-order valence-electron chi connectivity index (χ0n) is 18.4. The minimum Gasteiger partial charge on any atom is -0.493 e. The van der Waals surface area contributed by atoms with E-state index in [2.05, 4.69) is 5.32 Å². The van der Waals surface area contributed by atoms with Gasteiger partial charge >= 0.3 is 0 Å². The van der Waals surface area contributed by atoms with Crippen molar-refractivity contribution in [2.45, 2.75) is 36.6 Å². The molecule has 0 spiro atoms. The molecule has 1 atom stereocenters. The number of nitrogens with zero attached hydrogens (tertiary/aromatic N) is 1. The molecule has 3 heterocycles. The molecule has 0 aromatic heterocycles. The summed E-state index contributed by atoms with van der Waals surface area (Å²) in [6.07, 6.45) is 2.45. The molecule has 33 heavy (non-hydrogen) atoms. The molecule has 176 valence electrons. The van der Waals surface area contributed by atoms with E-state index in [-0.39, 0.29) is 22.8 Å². The van der Waals surface area contributed by atoms with Crippen LogP contribution in [0.2, 0.25) is 0 Å². The summed E-state index contributed by atoms with van der Waals surface area (Å²) < 4.78 is 44.8. The first-order valence-electron chi connectivity index (χ1n) is 11.4. The lowest BCUT2D eigenvalue weighted by Crippen LogP contribution is -2.44. The maximum absolute atomic E-state index is 13.2. The number of carbonyl (C=O) groups excluding carboxylic acids is 1. The first kappa shape index (κ1) is 22.0. The SMILES string of the molecule is O=C(N[C@H]1CCOc2ccccc21)C1CCN(S(=O)(=O)c2ccc3c(c2)OCCCO3)CC1. The summed E-state index contributed by atoms with van der Waals surface area (Å²) in [5.41, 5.74) is 0.992. The predicted molar refractivity (Wildman–Crippen MR) is 121 cm³/mol. The summed E-state index contributed by atoms with van der Waals surface area (Å²) in [6.45, 7) is 2.22. The number of piperidine rings is 1. The number of hydrogen-bond acceptors (Lipinski definition) is 6. The number of sulfonamides is 1. The number of benzene rings is 2. The summed E-state index contributed by atoms with van der Waals surface area (Å²) in [5, 5.41) is 3.15. The van der Waals surface area contributed by atoms with E-state index in [1.54, 1.807) is 12.1 Å². The average Bonchev–Trinajstić information content (AvgIpc) is 3.09. The summed E-state index contributed by atoms with van der Waals surface area (Å²) in [7, 11) is -3.67. The Kier molecular flexibility index (Phi) is 6.16. The highest BCUT2D eigenvalue weighted by Gasteiger charge is 2.34. The number of nitrogens with one attached hydrogen (secondary N) is 1. The van der Waals surface area contributed by atoms with E-state index in [4.69, 9.17) is 14.2 Å². The lowest BCUT2D eigenvalue weighted by Gasteiger charge is -2.32. The summed E-state index contributed by atoms with van der Waals surface area (Å²) in [5.74, 6) is 1.60. The minimum atomic E-state index is -3.67. The molecule has 1 amide bonds. The second kappa shape index (κ2) is 9.23. The third kappa shape index (κ3) is 4.52. The molecular weight excluding hydrogens is 444 g/mol. The topological polar surface area (TPSA) is 94.2 Å². The van der Waals surface area contributed by atoms with E-state index in [9.17, 15) is 13.2 Å². The fourth-order valence-corrected chi connectivity index (χ4v) is 6.08. The Morgan fingerprint density at radius 2 is 1.61 bits per heavy atom. The van der Waals surface area contributed by atoms with Crippen LogP contribution in [0.4, 0.5) is 0 Å². The van der Waals surface area contributed by atoms with Gasteiger partial charge < -0.3 is 19.5 Å². The van der Waals surface area contributed by atoms with Crippen molar-refractivity contribution in [1.82, 2.24) is 9.62 Å². The highest BCUT2D eigenvalue weighted by atomic mass is 32.2. The molecule has 0 radical (unpaired) electrons. The Bertz CT molecular complexity index is 1130. The molecule has 0 aliphatic carbocycles. The van der Waals surface area contributed by atoms with Crippen LogP contribution in [0.3, 0.4) is 0 Å². The highest BCUT2D eigenvalue weighted by Crippen LogP contribution is 2.35. The number of para-hydroxylation sites is 1. The van der Waals surface area contributed by atoms with E-state index in [1.165, 1.54) is 10.4 Å². The Hall–Kier alpha value is -2.78. The minimum absolute atomic E-state index is 0.0238. The number of amides is 1. The first-order chi connectivity index (χ1) is 16.0. The van der Waals surface area contributed by atoms with E-state index in [0.29, 0.717) is 57.3 Å². The van der Waals surface area contributed by atoms with Crippen LogP contribution in [0.5, 0.6) is 17.2 Å². The zero-order chi connectivity index (χ0) is 22.8. The van der Waals surface area contributed by atoms with Crippen molar-refractivity contribution in [2.24, 2.45) is 5.92 Å². The number of rotatable bonds is 4. The lowest BCUT2D eigenvalue weighted by atomic mass is 9.95. The van der Waals surface area contributed by atoms with Gasteiger partial charge in [-0.3, -0.25) is 4.79 Å². The van der Waals surface area contributed by atoms with E-state index >= 15 is 0 Å². The van der Waals surface area contributed by atoms with Crippen molar-refractivity contribution in [3.63, 3.8) is 0 Å². The molecule has 0 unspecified atom stereocenters. The van der Waals surface area contributed by atoms with Crippen LogP contribution in [-0.2, 0) is 14.8 Å². The van der Waals surface area contributed by atoms with Crippen LogP contribution in [-0.4, -0.2) is 51.5 Å². The molecule has 1 fully saturated rings. The standard InChI is InChI=1S/C24H28N2O6S/c27-24(25-20-10-15-32-21-5-2-1-4-19(20)21)17-8-11-26(12-9-17)33(28,29)18-6-7-22-23(16-18)31-14-3-13-30-22/h1-2,4-7,16-17,20H,3,8-15H2,(H,25,27)/t20-/m0/s1. The maximum atomic E-state index is 13.2. The van der Waals surface area contributed by atoms with Gasteiger partial charge in [0.15, 0.2) is 11.5 Å². The molecule has 1 N–H and O–H groups in total. The van der Waals surface area contributed by atoms with Gasteiger partial charge in [0.05, 0.1) is 30.8 Å². The monoisotopic (exact) mass is 472 g/mol. The normalized spacial score (nSPS) is 21.4. The van der Waals surface area contributed by atoms with Gasteiger partial charge in [-0.1, -0.05) is 18.2 Å². The second-order valence-electron chi connectivity index (χ2n) is 8.57. The van der Waals surface area contributed by atoms with Crippen molar-refractivity contribution in [3.05, 3.63) is 48.0 Å². The Labute approximate surface area is 193 Å². The van der Waals surface area contributed by atoms with Crippen LogP contribution in [0, 0.1) is 5.92 Å².